The van der Waals surface area contributed by atoms with E-state index < -0.39 is 12.0 Å². The maximum atomic E-state index is 10.8. The zero-order valence-corrected chi connectivity index (χ0v) is 11.5. The van der Waals surface area contributed by atoms with Crippen molar-refractivity contribution in [1.82, 2.24) is 5.32 Å². The molecule has 1 heterocycles. The third kappa shape index (κ3) is 3.80. The fourth-order valence-electron chi connectivity index (χ4n) is 1.74. The van der Waals surface area contributed by atoms with Crippen LogP contribution in [0, 0.1) is 0 Å². The van der Waals surface area contributed by atoms with Gasteiger partial charge in [-0.1, -0.05) is 12.1 Å². The summed E-state index contributed by atoms with van der Waals surface area (Å²) in [5.41, 5.74) is 0. The summed E-state index contributed by atoms with van der Waals surface area (Å²) in [5, 5.41) is 11.1. The lowest BCUT2D eigenvalue weighted by Crippen LogP contribution is -2.39. The predicted molar refractivity (Wildman–Crippen MR) is 74.3 cm³/mol. The van der Waals surface area contributed by atoms with Gasteiger partial charge in [0.15, 0.2) is 11.5 Å². The molecule has 0 spiro atoms. The van der Waals surface area contributed by atoms with E-state index in [0.29, 0.717) is 24.5 Å². The SMILES string of the molecule is O=CNC(CSCC1COc2ccccc2O1)C(=O)O. The normalized spacial score (nSPS) is 18.1. The molecular formula is C13H15NO5S. The van der Waals surface area contributed by atoms with E-state index in [9.17, 15) is 9.59 Å². The number of aliphatic carboxylic acids is 1. The van der Waals surface area contributed by atoms with Gasteiger partial charge >= 0.3 is 5.97 Å². The van der Waals surface area contributed by atoms with Crippen LogP contribution in [0.2, 0.25) is 0 Å². The largest absolute Gasteiger partial charge is 0.486 e. The molecule has 0 radical (unpaired) electrons. The van der Waals surface area contributed by atoms with Gasteiger partial charge in [-0.3, -0.25) is 4.79 Å². The summed E-state index contributed by atoms with van der Waals surface area (Å²) in [5.74, 6) is 1.26. The molecule has 1 aliphatic heterocycles. The van der Waals surface area contributed by atoms with Gasteiger partial charge in [0.1, 0.15) is 18.8 Å². The Morgan fingerprint density at radius 3 is 2.95 bits per heavy atom. The summed E-state index contributed by atoms with van der Waals surface area (Å²) >= 11 is 1.40. The van der Waals surface area contributed by atoms with E-state index >= 15 is 0 Å². The maximum absolute atomic E-state index is 10.8. The van der Waals surface area contributed by atoms with Gasteiger partial charge in [-0.15, -0.1) is 0 Å². The summed E-state index contributed by atoms with van der Waals surface area (Å²) in [4.78, 5) is 21.1. The number of hydrogen-bond donors (Lipinski definition) is 2. The molecule has 2 N–H and O–H groups in total. The van der Waals surface area contributed by atoms with Crippen molar-refractivity contribution >= 4 is 24.1 Å². The third-order valence-corrected chi connectivity index (χ3v) is 3.90. The highest BCUT2D eigenvalue weighted by Gasteiger charge is 2.22. The molecule has 6 nitrogen and oxygen atoms in total. The third-order valence-electron chi connectivity index (χ3n) is 2.72. The first-order chi connectivity index (χ1) is 9.70. The molecule has 20 heavy (non-hydrogen) atoms. The molecule has 2 unspecified atom stereocenters. The van der Waals surface area contributed by atoms with Crippen molar-refractivity contribution in [2.45, 2.75) is 12.1 Å². The Labute approximate surface area is 120 Å². The van der Waals surface area contributed by atoms with E-state index in [-0.39, 0.29) is 11.9 Å². The zero-order valence-electron chi connectivity index (χ0n) is 10.7. The number of ether oxygens (including phenoxy) is 2. The Kier molecular flexibility index (Phi) is 5.11. The predicted octanol–water partition coefficient (Wildman–Crippen LogP) is 0.759. The molecule has 0 aromatic heterocycles. The summed E-state index contributed by atoms with van der Waals surface area (Å²) in [7, 11) is 0. The Balaban J connectivity index is 1.78. The molecular weight excluding hydrogens is 282 g/mol. The van der Waals surface area contributed by atoms with E-state index in [4.69, 9.17) is 14.6 Å². The Hall–Kier alpha value is -1.89. The van der Waals surface area contributed by atoms with Crippen molar-refractivity contribution in [2.24, 2.45) is 0 Å². The standard InChI is InChI=1S/C13H15NO5S/c15-8-14-10(13(16)17)7-20-6-9-5-18-11-3-1-2-4-12(11)19-9/h1-4,8-10H,5-7H2,(H,14,15)(H,16,17). The topological polar surface area (TPSA) is 84.9 Å². The molecule has 0 fully saturated rings. The average molecular weight is 297 g/mol. The lowest BCUT2D eigenvalue weighted by Gasteiger charge is -2.26. The second-order valence-corrected chi connectivity index (χ2v) is 5.29. The molecule has 0 saturated carbocycles. The number of benzene rings is 1. The number of carbonyl (C=O) groups excluding carboxylic acids is 1. The molecule has 2 rings (SSSR count). The van der Waals surface area contributed by atoms with Crippen molar-refractivity contribution in [3.05, 3.63) is 24.3 Å². The fraction of sp³-hybridized carbons (Fsp3) is 0.385. The van der Waals surface area contributed by atoms with E-state index in [1.54, 1.807) is 0 Å². The minimum Gasteiger partial charge on any atom is -0.486 e. The smallest absolute Gasteiger partial charge is 0.327 e. The molecule has 1 aromatic rings. The quantitative estimate of drug-likeness (QED) is 0.723. The van der Waals surface area contributed by atoms with Crippen LogP contribution in [0.5, 0.6) is 11.5 Å². The van der Waals surface area contributed by atoms with E-state index in [0.717, 1.165) is 5.75 Å². The number of fused-ring (bicyclic) bond motifs is 1. The first-order valence-electron chi connectivity index (χ1n) is 6.09. The van der Waals surface area contributed by atoms with Crippen LogP contribution in [0.4, 0.5) is 0 Å². The van der Waals surface area contributed by atoms with Gasteiger partial charge in [0.2, 0.25) is 6.41 Å². The first kappa shape index (κ1) is 14.5. The fourth-order valence-corrected chi connectivity index (χ4v) is 2.77. The number of amides is 1. The number of hydrogen-bond acceptors (Lipinski definition) is 5. The van der Waals surface area contributed by atoms with Crippen LogP contribution in [-0.2, 0) is 9.59 Å². The Bertz CT molecular complexity index is 482. The van der Waals surface area contributed by atoms with Gasteiger partial charge in [-0.2, -0.15) is 11.8 Å². The van der Waals surface area contributed by atoms with Gasteiger partial charge in [0.25, 0.3) is 0 Å². The maximum Gasteiger partial charge on any atom is 0.327 e. The molecule has 2 atom stereocenters. The molecule has 0 aliphatic carbocycles. The molecule has 1 aromatic carbocycles. The van der Waals surface area contributed by atoms with Gasteiger partial charge < -0.3 is 19.9 Å². The number of nitrogens with one attached hydrogen (secondary N) is 1. The van der Waals surface area contributed by atoms with Crippen LogP contribution in [0.15, 0.2) is 24.3 Å². The van der Waals surface area contributed by atoms with Gasteiger partial charge in [-0.25, -0.2) is 4.79 Å². The summed E-state index contributed by atoms with van der Waals surface area (Å²) < 4.78 is 11.3. The lowest BCUT2D eigenvalue weighted by molar-refractivity contribution is -0.139. The second kappa shape index (κ2) is 7.04. The number of carboxylic acids is 1. The van der Waals surface area contributed by atoms with Crippen molar-refractivity contribution in [3.8, 4) is 11.5 Å². The highest BCUT2D eigenvalue weighted by Crippen LogP contribution is 2.31. The second-order valence-electron chi connectivity index (χ2n) is 4.21. The molecule has 1 amide bonds. The summed E-state index contributed by atoms with van der Waals surface area (Å²) in [6.07, 6.45) is 0.274. The number of rotatable bonds is 7. The van der Waals surface area contributed by atoms with Crippen molar-refractivity contribution in [3.63, 3.8) is 0 Å². The van der Waals surface area contributed by atoms with Crippen molar-refractivity contribution in [1.29, 1.82) is 0 Å². The summed E-state index contributed by atoms with van der Waals surface area (Å²) in [6, 6.07) is 6.54. The van der Waals surface area contributed by atoms with Crippen molar-refractivity contribution < 1.29 is 24.2 Å². The van der Waals surface area contributed by atoms with Crippen LogP contribution in [-0.4, -0.2) is 47.7 Å². The van der Waals surface area contributed by atoms with Gasteiger partial charge in [0, 0.05) is 11.5 Å². The molecule has 108 valence electrons. The zero-order chi connectivity index (χ0) is 14.4. The summed E-state index contributed by atoms with van der Waals surface area (Å²) in [6.45, 7) is 0.433. The van der Waals surface area contributed by atoms with Crippen LogP contribution >= 0.6 is 11.8 Å². The van der Waals surface area contributed by atoms with Crippen LogP contribution in [0.1, 0.15) is 0 Å². The first-order valence-corrected chi connectivity index (χ1v) is 7.25. The van der Waals surface area contributed by atoms with Crippen LogP contribution in [0.25, 0.3) is 0 Å². The van der Waals surface area contributed by atoms with Gasteiger partial charge in [0.05, 0.1) is 0 Å². The number of carboxylic acid groups (broad SMARTS) is 1. The number of thioether (sulfide) groups is 1. The van der Waals surface area contributed by atoms with Gasteiger partial charge in [-0.05, 0) is 12.1 Å². The van der Waals surface area contributed by atoms with E-state index in [1.165, 1.54) is 11.8 Å². The average Bonchev–Trinajstić information content (AvgIpc) is 2.46. The Morgan fingerprint density at radius 2 is 2.25 bits per heavy atom. The number of carbonyl (C=O) groups is 2. The molecule has 7 heteroatoms. The minimum atomic E-state index is -1.05. The van der Waals surface area contributed by atoms with Crippen LogP contribution < -0.4 is 14.8 Å². The molecule has 0 saturated heterocycles. The monoisotopic (exact) mass is 297 g/mol. The highest BCUT2D eigenvalue weighted by molar-refractivity contribution is 7.99. The van der Waals surface area contributed by atoms with Crippen LogP contribution in [0.3, 0.4) is 0 Å². The Morgan fingerprint density at radius 1 is 1.50 bits per heavy atom. The highest BCUT2D eigenvalue weighted by atomic mass is 32.2. The molecule has 1 aliphatic rings. The van der Waals surface area contributed by atoms with Crippen molar-refractivity contribution in [2.75, 3.05) is 18.1 Å². The van der Waals surface area contributed by atoms with E-state index in [1.807, 2.05) is 24.3 Å². The molecule has 0 bridgehead atoms. The minimum absolute atomic E-state index is 0.124. The number of para-hydroxylation sites is 2. The lowest BCUT2D eigenvalue weighted by atomic mass is 10.3. The van der Waals surface area contributed by atoms with E-state index in [2.05, 4.69) is 5.32 Å².